The quantitative estimate of drug-likeness (QED) is 0.438. The fourth-order valence-corrected chi connectivity index (χ4v) is 4.20. The molecule has 0 saturated heterocycles. The van der Waals surface area contributed by atoms with Gasteiger partial charge in [0.25, 0.3) is 5.91 Å². The normalized spacial score (nSPS) is 18.5. The lowest BCUT2D eigenvalue weighted by molar-refractivity contribution is 0.0260. The first kappa shape index (κ1) is 21.0. The molecule has 33 heavy (non-hydrogen) atoms. The predicted molar refractivity (Wildman–Crippen MR) is 118 cm³/mol. The molecule has 0 radical (unpaired) electrons. The molecule has 11 nitrogen and oxygen atoms in total. The lowest BCUT2D eigenvalue weighted by Gasteiger charge is -2.28. The molecular formula is C22H24N8O3. The smallest absolute Gasteiger partial charge is 0.271 e. The van der Waals surface area contributed by atoms with Crippen LogP contribution in [0.5, 0.6) is 0 Å². The summed E-state index contributed by atoms with van der Waals surface area (Å²) in [6.45, 7) is 2.74. The Morgan fingerprint density at radius 1 is 1.27 bits per heavy atom. The number of hydrogen-bond acceptors (Lipinski definition) is 8. The van der Waals surface area contributed by atoms with Gasteiger partial charge in [0.05, 0.1) is 29.5 Å². The Labute approximate surface area is 189 Å². The lowest BCUT2D eigenvalue weighted by Crippen LogP contribution is -2.24. The van der Waals surface area contributed by atoms with E-state index in [1.807, 2.05) is 17.8 Å². The molecule has 5 rings (SSSR count). The maximum absolute atomic E-state index is 12.2. The van der Waals surface area contributed by atoms with Crippen LogP contribution in [-0.2, 0) is 4.74 Å². The van der Waals surface area contributed by atoms with Gasteiger partial charge in [-0.15, -0.1) is 0 Å². The van der Waals surface area contributed by atoms with Gasteiger partial charge in [0.2, 0.25) is 5.89 Å². The summed E-state index contributed by atoms with van der Waals surface area (Å²) in [4.78, 5) is 25.3. The van der Waals surface area contributed by atoms with Gasteiger partial charge < -0.3 is 14.9 Å². The van der Waals surface area contributed by atoms with E-state index in [9.17, 15) is 4.79 Å². The zero-order valence-corrected chi connectivity index (χ0v) is 18.1. The number of H-pyrrole nitrogens is 1. The second-order valence-corrected chi connectivity index (χ2v) is 7.88. The van der Waals surface area contributed by atoms with Gasteiger partial charge in [-0.1, -0.05) is 0 Å². The van der Waals surface area contributed by atoms with Crippen LogP contribution in [0.2, 0.25) is 0 Å². The summed E-state index contributed by atoms with van der Waals surface area (Å²) >= 11 is 0. The van der Waals surface area contributed by atoms with Crippen LogP contribution in [0.3, 0.4) is 0 Å². The molecule has 4 aromatic heterocycles. The van der Waals surface area contributed by atoms with E-state index >= 15 is 0 Å². The molecule has 3 N–H and O–H groups in total. The Balaban J connectivity index is 1.58. The average molecular weight is 448 g/mol. The van der Waals surface area contributed by atoms with Crippen molar-refractivity contribution < 1.29 is 13.9 Å². The van der Waals surface area contributed by atoms with Crippen LogP contribution in [0.4, 0.5) is 0 Å². The summed E-state index contributed by atoms with van der Waals surface area (Å²) < 4.78 is 13.7. The third kappa shape index (κ3) is 4.14. The minimum absolute atomic E-state index is 0.0167. The van der Waals surface area contributed by atoms with Gasteiger partial charge in [-0.3, -0.25) is 14.6 Å². The molecule has 0 bridgehead atoms. The molecule has 4 aromatic rings. The molecule has 0 aliphatic heterocycles. The Morgan fingerprint density at radius 3 is 2.73 bits per heavy atom. The second-order valence-electron chi connectivity index (χ2n) is 7.88. The summed E-state index contributed by atoms with van der Waals surface area (Å²) in [6.07, 6.45) is 12.4. The van der Waals surface area contributed by atoms with Crippen LogP contribution in [0.15, 0.2) is 41.5 Å². The minimum Gasteiger partial charge on any atom is -0.435 e. The maximum Gasteiger partial charge on any atom is 0.271 e. The van der Waals surface area contributed by atoms with E-state index in [0.717, 1.165) is 32.3 Å². The summed E-state index contributed by atoms with van der Waals surface area (Å²) in [5, 5.41) is 11.4. The van der Waals surface area contributed by atoms with Crippen molar-refractivity contribution in [3.63, 3.8) is 0 Å². The zero-order valence-electron chi connectivity index (χ0n) is 18.1. The van der Waals surface area contributed by atoms with Crippen LogP contribution in [0.1, 0.15) is 49.1 Å². The molecule has 0 spiro atoms. The number of nitrogens with one attached hydrogen (secondary N) is 1. The number of rotatable bonds is 7. The largest absolute Gasteiger partial charge is 0.435 e. The van der Waals surface area contributed by atoms with E-state index in [1.54, 1.807) is 30.9 Å². The van der Waals surface area contributed by atoms with Crippen LogP contribution < -0.4 is 5.73 Å². The van der Waals surface area contributed by atoms with Crippen molar-refractivity contribution >= 4 is 5.91 Å². The topological polar surface area (TPSA) is 151 Å². The van der Waals surface area contributed by atoms with Crippen LogP contribution in [-0.4, -0.2) is 53.5 Å². The summed E-state index contributed by atoms with van der Waals surface area (Å²) in [6, 6.07) is 1.92. The molecule has 0 unspecified atom stereocenters. The molecule has 0 aromatic carbocycles. The molecule has 1 aliphatic carbocycles. The van der Waals surface area contributed by atoms with Crippen LogP contribution >= 0.6 is 0 Å². The van der Waals surface area contributed by atoms with Crippen molar-refractivity contribution in [1.29, 1.82) is 0 Å². The molecule has 1 fully saturated rings. The lowest BCUT2D eigenvalue weighted by atomic mass is 9.93. The van der Waals surface area contributed by atoms with Gasteiger partial charge in [-0.05, 0) is 38.7 Å². The molecule has 11 heteroatoms. The van der Waals surface area contributed by atoms with Crippen molar-refractivity contribution in [3.05, 3.63) is 42.7 Å². The number of aromatic nitrogens is 7. The number of amides is 1. The summed E-state index contributed by atoms with van der Waals surface area (Å²) in [5.74, 6) is 0.187. The van der Waals surface area contributed by atoms with Crippen LogP contribution in [0.25, 0.3) is 34.3 Å². The standard InChI is InChI=1S/C22H24N8O3/c1-2-32-15-6-4-14(5-7-15)30-12-16(17(29-30)21-24-8-3-9-25-21)19-18(20(23)31)28-22(33-19)13-10-26-27-11-13/h3,8-12,14-15H,2,4-7H2,1H3,(H2,23,31)(H,26,27). The number of nitrogens with zero attached hydrogens (tertiary/aromatic N) is 6. The van der Waals surface area contributed by atoms with E-state index in [4.69, 9.17) is 20.0 Å². The number of nitrogens with two attached hydrogens (primary N) is 1. The number of primary amides is 1. The van der Waals surface area contributed by atoms with E-state index in [2.05, 4.69) is 25.1 Å². The van der Waals surface area contributed by atoms with Gasteiger partial charge in [0.1, 0.15) is 5.69 Å². The highest BCUT2D eigenvalue weighted by molar-refractivity contribution is 5.98. The third-order valence-corrected chi connectivity index (χ3v) is 5.78. The number of oxazole rings is 1. The number of carbonyl (C=O) groups excluding carboxylic acids is 1. The third-order valence-electron chi connectivity index (χ3n) is 5.78. The minimum atomic E-state index is -0.701. The van der Waals surface area contributed by atoms with Crippen molar-refractivity contribution in [2.75, 3.05) is 6.61 Å². The van der Waals surface area contributed by atoms with Crippen LogP contribution in [0, 0.1) is 0 Å². The first-order valence-corrected chi connectivity index (χ1v) is 10.9. The Bertz CT molecular complexity index is 1220. The molecule has 1 aliphatic rings. The Morgan fingerprint density at radius 2 is 2.06 bits per heavy atom. The number of aromatic amines is 1. The molecule has 1 amide bonds. The van der Waals surface area contributed by atoms with E-state index < -0.39 is 5.91 Å². The number of hydrogen-bond donors (Lipinski definition) is 2. The number of carbonyl (C=O) groups is 1. The Kier molecular flexibility index (Phi) is 5.69. The molecule has 1 saturated carbocycles. The highest BCUT2D eigenvalue weighted by atomic mass is 16.5. The maximum atomic E-state index is 12.2. The molecular weight excluding hydrogens is 424 g/mol. The van der Waals surface area contributed by atoms with E-state index in [0.29, 0.717) is 22.6 Å². The van der Waals surface area contributed by atoms with Gasteiger partial charge in [0, 0.05) is 31.4 Å². The average Bonchev–Trinajstić information content (AvgIpc) is 3.59. The SMILES string of the molecule is CCOC1CCC(n2cc(-c3oc(-c4cn[nH]c4)nc3C(N)=O)c(-c3ncccn3)n2)CC1. The highest BCUT2D eigenvalue weighted by Crippen LogP contribution is 2.37. The highest BCUT2D eigenvalue weighted by Gasteiger charge is 2.29. The van der Waals surface area contributed by atoms with Crippen molar-refractivity contribution in [3.8, 4) is 34.3 Å². The first-order valence-electron chi connectivity index (χ1n) is 10.9. The summed E-state index contributed by atoms with van der Waals surface area (Å²) in [7, 11) is 0. The van der Waals surface area contributed by atoms with E-state index in [-0.39, 0.29) is 29.5 Å². The van der Waals surface area contributed by atoms with Gasteiger partial charge in [-0.25, -0.2) is 15.0 Å². The van der Waals surface area contributed by atoms with Gasteiger partial charge in [-0.2, -0.15) is 10.2 Å². The zero-order chi connectivity index (χ0) is 22.8. The Hall–Kier alpha value is -3.86. The summed E-state index contributed by atoms with van der Waals surface area (Å²) in [5.41, 5.74) is 7.32. The fraction of sp³-hybridized carbons (Fsp3) is 0.364. The number of ether oxygens (including phenoxy) is 1. The van der Waals surface area contributed by atoms with Crippen molar-refractivity contribution in [2.45, 2.75) is 44.8 Å². The molecule has 4 heterocycles. The predicted octanol–water partition coefficient (Wildman–Crippen LogP) is 3.00. The van der Waals surface area contributed by atoms with Crippen molar-refractivity contribution in [2.24, 2.45) is 5.73 Å². The fourth-order valence-electron chi connectivity index (χ4n) is 4.20. The first-order chi connectivity index (χ1) is 16.1. The van der Waals surface area contributed by atoms with Crippen molar-refractivity contribution in [1.82, 2.24) is 34.9 Å². The second kappa shape index (κ2) is 8.94. The monoisotopic (exact) mass is 448 g/mol. The van der Waals surface area contributed by atoms with Gasteiger partial charge >= 0.3 is 0 Å². The van der Waals surface area contributed by atoms with Gasteiger partial charge in [0.15, 0.2) is 17.3 Å². The molecule has 0 atom stereocenters. The molecule has 170 valence electrons. The van der Waals surface area contributed by atoms with E-state index in [1.165, 1.54) is 0 Å².